The summed E-state index contributed by atoms with van der Waals surface area (Å²) in [5, 5.41) is 13.2. The van der Waals surface area contributed by atoms with Gasteiger partial charge in [-0.05, 0) is 30.7 Å². The Labute approximate surface area is 108 Å². The van der Waals surface area contributed by atoms with Crippen molar-refractivity contribution in [3.05, 3.63) is 41.6 Å². The molecule has 0 fully saturated rings. The van der Waals surface area contributed by atoms with Crippen LogP contribution in [0, 0.1) is 11.6 Å². The van der Waals surface area contributed by atoms with Crippen molar-refractivity contribution in [2.75, 3.05) is 0 Å². The largest absolute Gasteiger partial charge is 0.477 e. The maximum absolute atomic E-state index is 13.2. The first kappa shape index (κ1) is 13.2. The molecule has 0 spiro atoms. The van der Waals surface area contributed by atoms with Crippen LogP contribution < -0.4 is 0 Å². The standard InChI is InChI=1S/C13H12F2N2O2/c1-2-5-17-12(13(18)19)7-11(16-17)8-3-4-9(14)10(15)6-8/h3-4,6-7H,2,5H2,1H3,(H,18,19). The van der Waals surface area contributed by atoms with Crippen LogP contribution in [0.3, 0.4) is 0 Å². The summed E-state index contributed by atoms with van der Waals surface area (Å²) in [5.74, 6) is -3.04. The van der Waals surface area contributed by atoms with Crippen LogP contribution in [0.15, 0.2) is 24.3 Å². The number of halogens is 2. The molecule has 0 atom stereocenters. The van der Waals surface area contributed by atoms with E-state index in [1.165, 1.54) is 16.8 Å². The smallest absolute Gasteiger partial charge is 0.354 e. The van der Waals surface area contributed by atoms with Crippen LogP contribution in [0.25, 0.3) is 11.3 Å². The molecule has 19 heavy (non-hydrogen) atoms. The zero-order chi connectivity index (χ0) is 14.0. The molecule has 0 saturated heterocycles. The first-order valence-corrected chi connectivity index (χ1v) is 5.79. The molecule has 1 aromatic heterocycles. The molecule has 0 aliphatic heterocycles. The van der Waals surface area contributed by atoms with Crippen molar-refractivity contribution in [1.29, 1.82) is 0 Å². The lowest BCUT2D eigenvalue weighted by Gasteiger charge is -2.01. The number of carboxylic acid groups (broad SMARTS) is 1. The first-order valence-electron chi connectivity index (χ1n) is 5.79. The van der Waals surface area contributed by atoms with Crippen molar-refractivity contribution in [2.24, 2.45) is 0 Å². The topological polar surface area (TPSA) is 55.1 Å². The molecule has 0 saturated carbocycles. The average molecular weight is 266 g/mol. The number of carboxylic acids is 1. The van der Waals surface area contributed by atoms with Gasteiger partial charge in [-0.15, -0.1) is 0 Å². The third-order valence-electron chi connectivity index (χ3n) is 2.65. The van der Waals surface area contributed by atoms with Gasteiger partial charge in [-0.2, -0.15) is 5.10 Å². The molecule has 0 amide bonds. The van der Waals surface area contributed by atoms with E-state index < -0.39 is 17.6 Å². The second-order valence-corrected chi connectivity index (χ2v) is 4.07. The van der Waals surface area contributed by atoms with Crippen LogP contribution in [0.2, 0.25) is 0 Å². The Morgan fingerprint density at radius 3 is 2.63 bits per heavy atom. The maximum Gasteiger partial charge on any atom is 0.354 e. The highest BCUT2D eigenvalue weighted by Gasteiger charge is 2.15. The number of hydrogen-bond donors (Lipinski definition) is 1. The summed E-state index contributed by atoms with van der Waals surface area (Å²) in [6.07, 6.45) is 0.721. The molecule has 0 unspecified atom stereocenters. The number of aromatic nitrogens is 2. The van der Waals surface area contributed by atoms with Crippen molar-refractivity contribution in [2.45, 2.75) is 19.9 Å². The van der Waals surface area contributed by atoms with Crippen LogP contribution in [0.1, 0.15) is 23.8 Å². The molecule has 4 nitrogen and oxygen atoms in total. The van der Waals surface area contributed by atoms with E-state index in [9.17, 15) is 13.6 Å². The van der Waals surface area contributed by atoms with E-state index in [1.807, 2.05) is 6.92 Å². The normalized spacial score (nSPS) is 10.7. The van der Waals surface area contributed by atoms with Crippen LogP contribution >= 0.6 is 0 Å². The summed E-state index contributed by atoms with van der Waals surface area (Å²) in [4.78, 5) is 11.1. The summed E-state index contributed by atoms with van der Waals surface area (Å²) in [6.45, 7) is 2.34. The third kappa shape index (κ3) is 2.62. The van der Waals surface area contributed by atoms with Gasteiger partial charge in [-0.1, -0.05) is 6.92 Å². The lowest BCUT2D eigenvalue weighted by Crippen LogP contribution is -2.09. The lowest BCUT2D eigenvalue weighted by atomic mass is 10.1. The molecule has 0 aliphatic rings. The zero-order valence-corrected chi connectivity index (χ0v) is 10.2. The van der Waals surface area contributed by atoms with Crippen LogP contribution in [-0.4, -0.2) is 20.9 Å². The molecule has 0 radical (unpaired) electrons. The Balaban J connectivity index is 2.47. The molecule has 0 bridgehead atoms. The monoisotopic (exact) mass is 266 g/mol. The van der Waals surface area contributed by atoms with Crippen molar-refractivity contribution in [3.63, 3.8) is 0 Å². The number of hydrogen-bond acceptors (Lipinski definition) is 2. The molecular weight excluding hydrogens is 254 g/mol. The van der Waals surface area contributed by atoms with E-state index >= 15 is 0 Å². The average Bonchev–Trinajstić information content (AvgIpc) is 2.77. The van der Waals surface area contributed by atoms with E-state index in [2.05, 4.69) is 5.10 Å². The van der Waals surface area contributed by atoms with Gasteiger partial charge < -0.3 is 5.11 Å². The number of aromatic carboxylic acids is 1. The van der Waals surface area contributed by atoms with Gasteiger partial charge in [0.1, 0.15) is 5.69 Å². The first-order chi connectivity index (χ1) is 9.02. The van der Waals surface area contributed by atoms with Gasteiger partial charge in [-0.25, -0.2) is 13.6 Å². The fourth-order valence-corrected chi connectivity index (χ4v) is 1.77. The highest BCUT2D eigenvalue weighted by molar-refractivity contribution is 5.87. The van der Waals surface area contributed by atoms with Crippen molar-refractivity contribution >= 4 is 5.97 Å². The van der Waals surface area contributed by atoms with Crippen molar-refractivity contribution in [1.82, 2.24) is 9.78 Å². The second-order valence-electron chi connectivity index (χ2n) is 4.07. The number of benzene rings is 1. The van der Waals surface area contributed by atoms with E-state index in [1.54, 1.807) is 0 Å². The third-order valence-corrected chi connectivity index (χ3v) is 2.65. The minimum Gasteiger partial charge on any atom is -0.477 e. The maximum atomic E-state index is 13.2. The van der Waals surface area contributed by atoms with Gasteiger partial charge >= 0.3 is 5.97 Å². The summed E-state index contributed by atoms with van der Waals surface area (Å²) in [7, 11) is 0. The highest BCUT2D eigenvalue weighted by Crippen LogP contribution is 2.21. The molecule has 1 aromatic carbocycles. The van der Waals surface area contributed by atoms with Gasteiger partial charge in [0.25, 0.3) is 0 Å². The predicted molar refractivity (Wildman–Crippen MR) is 64.8 cm³/mol. The number of rotatable bonds is 4. The number of nitrogens with zero attached hydrogens (tertiary/aromatic N) is 2. The Bertz CT molecular complexity index is 623. The Kier molecular flexibility index (Phi) is 3.59. The van der Waals surface area contributed by atoms with E-state index in [0.29, 0.717) is 17.8 Å². The highest BCUT2D eigenvalue weighted by atomic mass is 19.2. The van der Waals surface area contributed by atoms with E-state index in [4.69, 9.17) is 5.11 Å². The Morgan fingerprint density at radius 2 is 2.05 bits per heavy atom. The van der Waals surface area contributed by atoms with Gasteiger partial charge in [0, 0.05) is 12.1 Å². The molecule has 2 aromatic rings. The summed E-state index contributed by atoms with van der Waals surface area (Å²) in [5.41, 5.74) is 0.683. The van der Waals surface area contributed by atoms with Crippen LogP contribution in [0.5, 0.6) is 0 Å². The quantitative estimate of drug-likeness (QED) is 0.925. The second kappa shape index (κ2) is 5.17. The fraction of sp³-hybridized carbons (Fsp3) is 0.231. The predicted octanol–water partition coefficient (Wildman–Crippen LogP) is 2.94. The van der Waals surface area contributed by atoms with Gasteiger partial charge in [-0.3, -0.25) is 4.68 Å². The van der Waals surface area contributed by atoms with Crippen molar-refractivity contribution < 1.29 is 18.7 Å². The van der Waals surface area contributed by atoms with Gasteiger partial charge in [0.05, 0.1) is 5.69 Å². The number of aryl methyl sites for hydroxylation is 1. The summed E-state index contributed by atoms with van der Waals surface area (Å²) >= 11 is 0. The minimum atomic E-state index is -1.10. The van der Waals surface area contributed by atoms with Gasteiger partial charge in [0.2, 0.25) is 0 Å². The lowest BCUT2D eigenvalue weighted by molar-refractivity contribution is 0.0683. The number of carbonyl (C=O) groups is 1. The van der Waals surface area contributed by atoms with Gasteiger partial charge in [0.15, 0.2) is 11.6 Å². The molecular formula is C13H12F2N2O2. The molecule has 1 N–H and O–H groups in total. The van der Waals surface area contributed by atoms with Crippen molar-refractivity contribution in [3.8, 4) is 11.3 Å². The molecule has 1 heterocycles. The zero-order valence-electron chi connectivity index (χ0n) is 10.2. The van der Waals surface area contributed by atoms with E-state index in [0.717, 1.165) is 18.6 Å². The Morgan fingerprint density at radius 1 is 1.32 bits per heavy atom. The minimum absolute atomic E-state index is 0.0292. The van der Waals surface area contributed by atoms with Crippen LogP contribution in [-0.2, 0) is 6.54 Å². The SMILES string of the molecule is CCCn1nc(-c2ccc(F)c(F)c2)cc1C(=O)O. The molecule has 6 heteroatoms. The molecule has 2 rings (SSSR count). The summed E-state index contributed by atoms with van der Waals surface area (Å²) < 4.78 is 27.4. The Hall–Kier alpha value is -2.24. The van der Waals surface area contributed by atoms with Crippen LogP contribution in [0.4, 0.5) is 8.78 Å². The molecule has 0 aliphatic carbocycles. The fourth-order valence-electron chi connectivity index (χ4n) is 1.77. The van der Waals surface area contributed by atoms with E-state index in [-0.39, 0.29) is 5.69 Å². The molecule has 100 valence electrons. The summed E-state index contributed by atoms with van der Waals surface area (Å²) in [6, 6.07) is 4.71.